The van der Waals surface area contributed by atoms with Crippen molar-refractivity contribution >= 4 is 5.91 Å². The fraction of sp³-hybridized carbons (Fsp3) is 0.579. The van der Waals surface area contributed by atoms with Crippen molar-refractivity contribution < 1.29 is 4.79 Å². The van der Waals surface area contributed by atoms with Gasteiger partial charge in [-0.2, -0.15) is 0 Å². The monoisotopic (exact) mass is 354 g/mol. The molecule has 4 rings (SSSR count). The second-order valence-electron chi connectivity index (χ2n) is 7.37. The normalized spacial score (nSPS) is 18.4. The van der Waals surface area contributed by atoms with Crippen LogP contribution in [0.25, 0.3) is 0 Å². The summed E-state index contributed by atoms with van der Waals surface area (Å²) in [4.78, 5) is 21.5. The van der Waals surface area contributed by atoms with E-state index in [0.717, 1.165) is 56.1 Å². The molecule has 0 unspecified atom stereocenters. The smallest absolute Gasteiger partial charge is 0.255 e. The van der Waals surface area contributed by atoms with Crippen LogP contribution in [0.4, 0.5) is 0 Å². The first-order chi connectivity index (χ1) is 12.7. The molecule has 1 amide bonds. The molecule has 1 fully saturated rings. The summed E-state index contributed by atoms with van der Waals surface area (Å²) in [7, 11) is 0. The maximum absolute atomic E-state index is 13.0. The molecule has 0 N–H and O–H groups in total. The van der Waals surface area contributed by atoms with E-state index in [2.05, 4.69) is 20.2 Å². The molecule has 2 aliphatic rings. The number of likely N-dealkylation sites (tertiary alicyclic amines) is 1. The van der Waals surface area contributed by atoms with Crippen molar-refractivity contribution in [3.63, 3.8) is 0 Å². The van der Waals surface area contributed by atoms with Crippen LogP contribution in [-0.4, -0.2) is 55.3 Å². The van der Waals surface area contributed by atoms with E-state index in [1.807, 2.05) is 22.6 Å². The lowest BCUT2D eigenvalue weighted by Gasteiger charge is -2.26. The Labute approximate surface area is 154 Å². The number of aryl methyl sites for hydroxylation is 2. The average Bonchev–Trinajstić information content (AvgIpc) is 2.89. The Morgan fingerprint density at radius 3 is 2.73 bits per heavy atom. The maximum Gasteiger partial charge on any atom is 0.255 e. The number of carbonyl (C=O) groups is 1. The van der Waals surface area contributed by atoms with E-state index < -0.39 is 0 Å². The molecule has 0 aromatic carbocycles. The highest BCUT2D eigenvalue weighted by atomic mass is 16.2. The Morgan fingerprint density at radius 2 is 1.92 bits per heavy atom. The highest BCUT2D eigenvalue weighted by molar-refractivity contribution is 5.94. The molecule has 7 nitrogen and oxygen atoms in total. The fourth-order valence-corrected chi connectivity index (χ4v) is 3.87. The highest BCUT2D eigenvalue weighted by Crippen LogP contribution is 2.20. The van der Waals surface area contributed by atoms with E-state index >= 15 is 0 Å². The van der Waals surface area contributed by atoms with Crippen molar-refractivity contribution in [2.45, 2.75) is 52.2 Å². The summed E-state index contributed by atoms with van der Waals surface area (Å²) >= 11 is 0. The summed E-state index contributed by atoms with van der Waals surface area (Å²) in [6, 6.07) is 1.91. The van der Waals surface area contributed by atoms with Gasteiger partial charge in [0.2, 0.25) is 0 Å². The minimum atomic E-state index is 0.0415. The van der Waals surface area contributed by atoms with Gasteiger partial charge in [0.1, 0.15) is 5.69 Å². The van der Waals surface area contributed by atoms with E-state index in [9.17, 15) is 4.79 Å². The van der Waals surface area contributed by atoms with Gasteiger partial charge < -0.3 is 4.90 Å². The summed E-state index contributed by atoms with van der Waals surface area (Å²) in [6.07, 6.45) is 8.16. The molecule has 2 aliphatic heterocycles. The van der Waals surface area contributed by atoms with Crippen molar-refractivity contribution in [2.24, 2.45) is 0 Å². The predicted molar refractivity (Wildman–Crippen MR) is 97.5 cm³/mol. The van der Waals surface area contributed by atoms with Gasteiger partial charge in [0.25, 0.3) is 5.91 Å². The van der Waals surface area contributed by atoms with Gasteiger partial charge in [0.05, 0.1) is 17.8 Å². The predicted octanol–water partition coefficient (Wildman–Crippen LogP) is 2.01. The maximum atomic E-state index is 13.0. The first kappa shape index (κ1) is 17.1. The van der Waals surface area contributed by atoms with Crippen LogP contribution in [0.5, 0.6) is 0 Å². The molecule has 0 spiro atoms. The molecular formula is C19H26N6O. The number of aromatic nitrogens is 4. The number of fused-ring (bicyclic) bond motifs is 1. The lowest BCUT2D eigenvalue weighted by molar-refractivity contribution is 0.0744. The summed E-state index contributed by atoms with van der Waals surface area (Å²) < 4.78 is 1.99. The molecule has 1 saturated heterocycles. The van der Waals surface area contributed by atoms with Gasteiger partial charge in [0, 0.05) is 32.0 Å². The number of carbonyl (C=O) groups excluding carboxylic acids is 1. The standard InChI is InChI=1S/C19H26N6O/c1-15-10-16(12-20-11-15)19(26)24-8-5-9-25-18(14-24)17(21-22-25)13-23-6-3-2-4-7-23/h10-12H,2-9,13-14H2,1H3. The number of piperidine rings is 1. The number of pyridine rings is 1. The van der Waals surface area contributed by atoms with Crippen molar-refractivity contribution in [3.8, 4) is 0 Å². The van der Waals surface area contributed by atoms with Crippen molar-refractivity contribution in [3.05, 3.63) is 41.0 Å². The Morgan fingerprint density at radius 1 is 1.08 bits per heavy atom. The first-order valence-corrected chi connectivity index (χ1v) is 9.55. The van der Waals surface area contributed by atoms with Gasteiger partial charge in [0.15, 0.2) is 0 Å². The molecule has 138 valence electrons. The van der Waals surface area contributed by atoms with Crippen LogP contribution in [0.15, 0.2) is 18.5 Å². The van der Waals surface area contributed by atoms with Gasteiger partial charge >= 0.3 is 0 Å². The van der Waals surface area contributed by atoms with Gasteiger partial charge in [-0.3, -0.25) is 14.7 Å². The minimum Gasteiger partial charge on any atom is -0.333 e. The van der Waals surface area contributed by atoms with Crippen molar-refractivity contribution in [1.82, 2.24) is 29.8 Å². The van der Waals surface area contributed by atoms with Crippen LogP contribution < -0.4 is 0 Å². The highest BCUT2D eigenvalue weighted by Gasteiger charge is 2.25. The van der Waals surface area contributed by atoms with E-state index in [4.69, 9.17) is 0 Å². The molecular weight excluding hydrogens is 328 g/mol. The molecule has 26 heavy (non-hydrogen) atoms. The molecule has 0 aliphatic carbocycles. The second kappa shape index (κ2) is 7.53. The Balaban J connectivity index is 1.53. The molecule has 0 saturated carbocycles. The second-order valence-corrected chi connectivity index (χ2v) is 7.37. The van der Waals surface area contributed by atoms with Crippen LogP contribution in [-0.2, 0) is 19.6 Å². The largest absolute Gasteiger partial charge is 0.333 e. The molecule has 4 heterocycles. The SMILES string of the molecule is Cc1cncc(C(=O)N2CCCn3nnc(CN4CCCCC4)c3C2)c1. The minimum absolute atomic E-state index is 0.0415. The third-order valence-corrected chi connectivity index (χ3v) is 5.29. The van der Waals surface area contributed by atoms with Gasteiger partial charge in [-0.1, -0.05) is 11.6 Å². The lowest BCUT2D eigenvalue weighted by Crippen LogP contribution is -2.32. The topological polar surface area (TPSA) is 67.2 Å². The van der Waals surface area contributed by atoms with Gasteiger partial charge in [-0.25, -0.2) is 4.68 Å². The molecule has 7 heteroatoms. The van der Waals surface area contributed by atoms with Crippen LogP contribution in [0.3, 0.4) is 0 Å². The van der Waals surface area contributed by atoms with Crippen LogP contribution in [0, 0.1) is 6.92 Å². The number of rotatable bonds is 3. The number of hydrogen-bond acceptors (Lipinski definition) is 5. The van der Waals surface area contributed by atoms with E-state index in [0.29, 0.717) is 12.1 Å². The molecule has 0 bridgehead atoms. The fourth-order valence-electron chi connectivity index (χ4n) is 3.87. The Kier molecular flexibility index (Phi) is 4.97. The van der Waals surface area contributed by atoms with Crippen LogP contribution in [0.1, 0.15) is 53.0 Å². The molecule has 2 aromatic heterocycles. The van der Waals surface area contributed by atoms with E-state index in [1.54, 1.807) is 12.4 Å². The third-order valence-electron chi connectivity index (χ3n) is 5.29. The molecule has 0 atom stereocenters. The summed E-state index contributed by atoms with van der Waals surface area (Å²) in [5.74, 6) is 0.0415. The van der Waals surface area contributed by atoms with E-state index in [1.165, 1.54) is 19.3 Å². The van der Waals surface area contributed by atoms with E-state index in [-0.39, 0.29) is 5.91 Å². The third kappa shape index (κ3) is 3.62. The summed E-state index contributed by atoms with van der Waals surface area (Å²) in [5.41, 5.74) is 3.77. The number of hydrogen-bond donors (Lipinski definition) is 0. The summed E-state index contributed by atoms with van der Waals surface area (Å²) in [5, 5.41) is 8.79. The van der Waals surface area contributed by atoms with Crippen molar-refractivity contribution in [1.29, 1.82) is 0 Å². The zero-order chi connectivity index (χ0) is 17.9. The first-order valence-electron chi connectivity index (χ1n) is 9.55. The van der Waals surface area contributed by atoms with Crippen LogP contribution in [0.2, 0.25) is 0 Å². The number of amides is 1. The van der Waals surface area contributed by atoms with Crippen molar-refractivity contribution in [2.75, 3.05) is 19.6 Å². The molecule has 2 aromatic rings. The molecule has 0 radical (unpaired) electrons. The summed E-state index contributed by atoms with van der Waals surface area (Å²) in [6.45, 7) is 7.18. The Hall–Kier alpha value is -2.28. The lowest BCUT2D eigenvalue weighted by atomic mass is 10.1. The quantitative estimate of drug-likeness (QED) is 0.843. The average molecular weight is 354 g/mol. The van der Waals surface area contributed by atoms with Crippen LogP contribution >= 0.6 is 0 Å². The Bertz CT molecular complexity index is 780. The zero-order valence-corrected chi connectivity index (χ0v) is 15.4. The van der Waals surface area contributed by atoms with Gasteiger partial charge in [-0.05, 0) is 50.9 Å². The van der Waals surface area contributed by atoms with Gasteiger partial charge in [-0.15, -0.1) is 5.10 Å². The number of nitrogens with zero attached hydrogens (tertiary/aromatic N) is 6. The zero-order valence-electron chi connectivity index (χ0n) is 15.4.